The van der Waals surface area contributed by atoms with Crippen molar-refractivity contribution in [3.63, 3.8) is 0 Å². The Kier molecular flexibility index (Phi) is 4.49. The second-order valence-corrected chi connectivity index (χ2v) is 4.91. The Bertz CT molecular complexity index is 605. The topological polar surface area (TPSA) is 78.5 Å². The summed E-state index contributed by atoms with van der Waals surface area (Å²) in [5.74, 6) is -0.257. The van der Waals surface area contributed by atoms with Gasteiger partial charge in [0.05, 0.1) is 6.41 Å². The summed E-state index contributed by atoms with van der Waals surface area (Å²) in [5, 5.41) is 4.80. The molecule has 1 aliphatic carbocycles. The van der Waals surface area contributed by atoms with E-state index in [0.717, 1.165) is 11.1 Å². The molecule has 2 N–H and O–H groups in total. The molecule has 98 valence electrons. The van der Waals surface area contributed by atoms with E-state index in [9.17, 15) is 14.4 Å². The fraction of sp³-hybridized carbons (Fsp3) is 0.308. The van der Waals surface area contributed by atoms with Crippen LogP contribution >= 0.6 is 0 Å². The smallest absolute Gasteiger partial charge is 0.490 e. The van der Waals surface area contributed by atoms with Crippen LogP contribution in [-0.2, 0) is 22.4 Å². The van der Waals surface area contributed by atoms with Gasteiger partial charge in [-0.15, -0.1) is 17.8 Å². The van der Waals surface area contributed by atoms with Gasteiger partial charge in [-0.25, -0.2) is 4.79 Å². The second-order valence-electron chi connectivity index (χ2n) is 4.91. The predicted octanol–water partition coefficient (Wildman–Crippen LogP) is -2.81. The van der Waals surface area contributed by atoms with Gasteiger partial charge >= 0.3 is 64.2 Å². The summed E-state index contributed by atoms with van der Waals surface area (Å²) >= 11 is 0. The molecule has 3 rings (SSSR count). The molecule has 7 heteroatoms. The summed E-state index contributed by atoms with van der Waals surface area (Å²) in [5.41, 5.74) is 1.81. The van der Waals surface area contributed by atoms with Crippen molar-refractivity contribution in [2.24, 2.45) is 0 Å². The first-order valence-corrected chi connectivity index (χ1v) is 5.91. The van der Waals surface area contributed by atoms with Crippen LogP contribution in [-0.4, -0.2) is 35.8 Å². The third kappa shape index (κ3) is 2.28. The van der Waals surface area contributed by atoms with Gasteiger partial charge in [0.2, 0.25) is 0 Å². The van der Waals surface area contributed by atoms with Gasteiger partial charge < -0.3 is 15.0 Å². The van der Waals surface area contributed by atoms with E-state index >= 15 is 0 Å². The number of nitrogens with one attached hydrogen (secondary N) is 2. The van der Waals surface area contributed by atoms with Crippen molar-refractivity contribution in [3.05, 3.63) is 29.3 Å². The van der Waals surface area contributed by atoms with Gasteiger partial charge in [0, 0.05) is 19.9 Å². The standard InChI is InChI=1S/C13H12N3O3.Rb/c1-16-12(19)15-11(18)13(16)5-8-2-3-10(14-7-17)4-9(8)6-13;/h2-4H,5-6H2,1H3,(H,14,17)(H,15,18,19);/q-1;+1. The molecule has 1 aromatic carbocycles. The van der Waals surface area contributed by atoms with Crippen molar-refractivity contribution in [1.29, 1.82) is 0 Å². The summed E-state index contributed by atoms with van der Waals surface area (Å²) in [6, 6.07) is 5.08. The molecule has 1 aliphatic heterocycles. The van der Waals surface area contributed by atoms with Crippen LogP contribution in [0.5, 0.6) is 0 Å². The molecule has 1 atom stereocenters. The molecule has 1 aromatic rings. The van der Waals surface area contributed by atoms with E-state index in [1.165, 1.54) is 4.90 Å². The van der Waals surface area contributed by atoms with Crippen LogP contribution in [0.2, 0.25) is 0 Å². The number of benzene rings is 1. The van der Waals surface area contributed by atoms with E-state index in [4.69, 9.17) is 0 Å². The Hall–Kier alpha value is -0.565. The first kappa shape index (κ1) is 15.8. The number of nitrogens with zero attached hydrogens (tertiary/aromatic N) is 1. The van der Waals surface area contributed by atoms with E-state index in [1.807, 2.05) is 12.1 Å². The summed E-state index contributed by atoms with van der Waals surface area (Å²) in [6.07, 6.45) is 2.58. The van der Waals surface area contributed by atoms with Gasteiger partial charge in [0.25, 0.3) is 5.91 Å². The molecule has 20 heavy (non-hydrogen) atoms. The zero-order chi connectivity index (χ0) is 13.6. The monoisotopic (exact) mass is 343 g/mol. The first-order chi connectivity index (χ1) is 9.06. The summed E-state index contributed by atoms with van der Waals surface area (Å²) in [6.45, 7) is 0. The summed E-state index contributed by atoms with van der Waals surface area (Å²) in [4.78, 5) is 35.4. The van der Waals surface area contributed by atoms with Crippen LogP contribution in [0, 0.1) is 0 Å². The zero-order valence-electron chi connectivity index (χ0n) is 11.3. The molecular weight excluding hydrogens is 332 g/mol. The molecule has 0 saturated carbocycles. The van der Waals surface area contributed by atoms with Crippen molar-refractivity contribution in [1.82, 2.24) is 10.2 Å². The zero-order valence-corrected chi connectivity index (χ0v) is 16.2. The third-order valence-corrected chi connectivity index (χ3v) is 3.96. The van der Waals surface area contributed by atoms with Crippen LogP contribution in [0.25, 0.3) is 0 Å². The molecule has 1 spiro atoms. The number of hydrogen-bond acceptors (Lipinski definition) is 3. The molecule has 0 aromatic heterocycles. The van der Waals surface area contributed by atoms with E-state index in [2.05, 4.69) is 10.6 Å². The number of imide groups is 1. The second kappa shape index (κ2) is 5.67. The minimum absolute atomic E-state index is 0. The van der Waals surface area contributed by atoms with Gasteiger partial charge in [0.1, 0.15) is 5.54 Å². The predicted molar refractivity (Wildman–Crippen MR) is 67.2 cm³/mol. The fourth-order valence-corrected chi connectivity index (χ4v) is 2.83. The molecule has 1 unspecified atom stereocenters. The van der Waals surface area contributed by atoms with Gasteiger partial charge in [-0.05, 0) is 5.56 Å². The molecule has 1 saturated heterocycles. The quantitative estimate of drug-likeness (QED) is 0.346. The van der Waals surface area contributed by atoms with Crippen LogP contribution in [0.15, 0.2) is 18.2 Å². The van der Waals surface area contributed by atoms with E-state index < -0.39 is 5.54 Å². The maximum absolute atomic E-state index is 12.0. The van der Waals surface area contributed by atoms with E-state index in [-0.39, 0.29) is 70.1 Å². The van der Waals surface area contributed by atoms with Crippen LogP contribution < -0.4 is 68.8 Å². The first-order valence-electron chi connectivity index (χ1n) is 5.91. The maximum atomic E-state index is 12.0. The Morgan fingerprint density at radius 1 is 1.30 bits per heavy atom. The number of likely N-dealkylation sites (N-methyl/N-ethyl adjacent to an activating group) is 1. The number of fused-ring (bicyclic) bond motifs is 1. The largest absolute Gasteiger partial charge is 1.00 e. The molecule has 6 nitrogen and oxygen atoms in total. The average molecular weight is 344 g/mol. The van der Waals surface area contributed by atoms with E-state index in [0.29, 0.717) is 18.5 Å². The third-order valence-electron chi connectivity index (χ3n) is 3.96. The molecule has 0 bridgehead atoms. The Morgan fingerprint density at radius 3 is 2.60 bits per heavy atom. The fourth-order valence-electron chi connectivity index (χ4n) is 2.83. The van der Waals surface area contributed by atoms with Gasteiger partial charge in [-0.2, -0.15) is 0 Å². The number of urea groups is 1. The van der Waals surface area contributed by atoms with Crippen molar-refractivity contribution in [3.8, 4) is 0 Å². The molecule has 4 amide bonds. The summed E-state index contributed by atoms with van der Waals surface area (Å²) in [7, 11) is 1.63. The van der Waals surface area contributed by atoms with E-state index in [1.54, 1.807) is 19.5 Å². The Labute approximate surface area is 165 Å². The Balaban J connectivity index is 0.00000147. The van der Waals surface area contributed by atoms with Crippen molar-refractivity contribution in [2.75, 3.05) is 12.4 Å². The van der Waals surface area contributed by atoms with Crippen molar-refractivity contribution in [2.45, 2.75) is 18.4 Å². The van der Waals surface area contributed by atoms with Crippen LogP contribution in [0.1, 0.15) is 11.1 Å². The number of anilines is 1. The Morgan fingerprint density at radius 2 is 2.00 bits per heavy atom. The maximum Gasteiger partial charge on any atom is 1.00 e. The number of carbonyl (C=O) groups excluding carboxylic acids is 3. The molecule has 0 radical (unpaired) electrons. The van der Waals surface area contributed by atoms with Gasteiger partial charge in [-0.3, -0.25) is 10.1 Å². The minimum Gasteiger partial charge on any atom is -0.490 e. The van der Waals surface area contributed by atoms with Crippen molar-refractivity contribution < 1.29 is 72.6 Å². The summed E-state index contributed by atoms with van der Waals surface area (Å²) < 4.78 is 0. The SMILES string of the molecule is CN1C(=O)NC(=O)C12Cc1ccc(N[C-]=O)cc1C2.[Rb+]. The number of amides is 4. The van der Waals surface area contributed by atoms with Crippen LogP contribution in [0.3, 0.4) is 0 Å². The number of hydrogen-bond donors (Lipinski definition) is 2. The minimum atomic E-state index is -0.817. The average Bonchev–Trinajstić information content (AvgIpc) is 2.85. The van der Waals surface area contributed by atoms with Crippen LogP contribution in [0.4, 0.5) is 10.5 Å². The normalized spacial score (nSPS) is 23.4. The molecular formula is C13H12N3O3Rb. The molecule has 2 aliphatic rings. The molecule has 1 heterocycles. The van der Waals surface area contributed by atoms with Gasteiger partial charge in [-0.1, -0.05) is 11.6 Å². The number of rotatable bonds is 2. The van der Waals surface area contributed by atoms with Crippen molar-refractivity contribution >= 4 is 24.0 Å². The molecule has 1 fully saturated rings. The number of carbonyl (C=O) groups is 2. The van der Waals surface area contributed by atoms with Gasteiger partial charge in [0.15, 0.2) is 0 Å².